The normalized spacial score (nSPS) is 18.4. The summed E-state index contributed by atoms with van der Waals surface area (Å²) in [6, 6.07) is 8.03. The summed E-state index contributed by atoms with van der Waals surface area (Å²) in [6.07, 6.45) is 2.01. The molecule has 0 radical (unpaired) electrons. The number of aliphatic imine (C=N–C) groups is 1. The van der Waals surface area contributed by atoms with E-state index in [0.29, 0.717) is 0 Å². The van der Waals surface area contributed by atoms with Gasteiger partial charge < -0.3 is 9.80 Å². The van der Waals surface area contributed by atoms with Crippen molar-refractivity contribution in [2.24, 2.45) is 4.99 Å². The van der Waals surface area contributed by atoms with Crippen LogP contribution in [0.4, 0.5) is 5.69 Å². The van der Waals surface area contributed by atoms with Crippen LogP contribution < -0.4 is 4.90 Å². The molecule has 0 amide bonds. The first-order valence-electron chi connectivity index (χ1n) is 7.21. The molecule has 1 heterocycles. The highest BCUT2D eigenvalue weighted by molar-refractivity contribution is 8.13. The Morgan fingerprint density at radius 2 is 1.86 bits per heavy atom. The minimum absolute atomic E-state index is 0.0786. The Labute approximate surface area is 136 Å². The molecule has 0 saturated carbocycles. The van der Waals surface area contributed by atoms with E-state index in [-0.39, 0.29) is 11.8 Å². The van der Waals surface area contributed by atoms with Crippen LogP contribution in [0.2, 0.25) is 0 Å². The summed E-state index contributed by atoms with van der Waals surface area (Å²) in [6.45, 7) is 3.61. The molecule has 2 rings (SSSR count). The molecule has 0 N–H and O–H groups in total. The smallest absolute Gasteiger partial charge is 0.163 e. The van der Waals surface area contributed by atoms with E-state index in [4.69, 9.17) is 4.99 Å². The largest absolute Gasteiger partial charge is 0.378 e. The third-order valence-corrected chi connectivity index (χ3v) is 4.72. The molecule has 0 bridgehead atoms. The number of anilines is 1. The van der Waals surface area contributed by atoms with Crippen LogP contribution in [0.25, 0.3) is 0 Å². The van der Waals surface area contributed by atoms with E-state index in [1.807, 2.05) is 39.2 Å². The second kappa shape index (κ2) is 6.57. The molecule has 0 fully saturated rings. The Balaban J connectivity index is 2.49. The van der Waals surface area contributed by atoms with E-state index < -0.39 is 0 Å². The lowest BCUT2D eigenvalue weighted by Crippen LogP contribution is -2.31. The Bertz CT molecular complexity index is 632. The lowest BCUT2D eigenvalue weighted by molar-refractivity contribution is -0.114. The molecule has 22 heavy (non-hydrogen) atoms. The second-order valence-electron chi connectivity index (χ2n) is 5.62. The first-order valence-corrected chi connectivity index (χ1v) is 8.43. The Hall–Kier alpha value is -1.75. The number of Topliss-reactive ketones (excluding diaryl/α,β-unsaturated/α-hetero) is 1. The fraction of sp³-hybridized carbons (Fsp3) is 0.412. The van der Waals surface area contributed by atoms with Crippen molar-refractivity contribution < 1.29 is 4.79 Å². The van der Waals surface area contributed by atoms with Crippen molar-refractivity contribution in [3.8, 4) is 0 Å². The zero-order valence-electron chi connectivity index (χ0n) is 14.0. The van der Waals surface area contributed by atoms with Gasteiger partial charge in [-0.1, -0.05) is 23.9 Å². The van der Waals surface area contributed by atoms with Crippen molar-refractivity contribution in [3.05, 3.63) is 41.1 Å². The van der Waals surface area contributed by atoms with Crippen molar-refractivity contribution in [1.82, 2.24) is 4.90 Å². The van der Waals surface area contributed by atoms with Crippen molar-refractivity contribution >= 4 is 28.4 Å². The Morgan fingerprint density at radius 1 is 1.27 bits per heavy atom. The molecule has 0 unspecified atom stereocenters. The van der Waals surface area contributed by atoms with Gasteiger partial charge in [-0.2, -0.15) is 0 Å². The average molecular weight is 317 g/mol. The SMILES string of the molecule is CSC1=N[C@@H](c2ccc(N(C)C)cc2)C(C(C)=O)=C(C)N1C. The monoisotopic (exact) mass is 317 g/mol. The fourth-order valence-electron chi connectivity index (χ4n) is 2.62. The van der Waals surface area contributed by atoms with Gasteiger partial charge in [-0.25, -0.2) is 4.99 Å². The number of benzene rings is 1. The number of nitrogens with zero attached hydrogens (tertiary/aromatic N) is 3. The van der Waals surface area contributed by atoms with Crippen LogP contribution in [-0.4, -0.2) is 43.2 Å². The van der Waals surface area contributed by atoms with Gasteiger partial charge in [-0.3, -0.25) is 4.79 Å². The zero-order chi connectivity index (χ0) is 16.4. The van der Waals surface area contributed by atoms with Crippen LogP contribution >= 0.6 is 11.8 Å². The Kier molecular flexibility index (Phi) is 4.96. The number of carbonyl (C=O) groups is 1. The molecule has 4 nitrogen and oxygen atoms in total. The van der Waals surface area contributed by atoms with E-state index >= 15 is 0 Å². The molecule has 1 aromatic carbocycles. The number of hydrogen-bond acceptors (Lipinski definition) is 5. The molecule has 1 atom stereocenters. The number of hydrogen-bond donors (Lipinski definition) is 0. The van der Waals surface area contributed by atoms with Gasteiger partial charge >= 0.3 is 0 Å². The maximum Gasteiger partial charge on any atom is 0.163 e. The van der Waals surface area contributed by atoms with Gasteiger partial charge in [0.25, 0.3) is 0 Å². The van der Waals surface area contributed by atoms with Crippen LogP contribution in [0.3, 0.4) is 0 Å². The second-order valence-corrected chi connectivity index (χ2v) is 6.39. The average Bonchev–Trinajstić information content (AvgIpc) is 2.49. The van der Waals surface area contributed by atoms with Crippen molar-refractivity contribution in [3.63, 3.8) is 0 Å². The van der Waals surface area contributed by atoms with Crippen molar-refractivity contribution in [2.45, 2.75) is 19.9 Å². The summed E-state index contributed by atoms with van der Waals surface area (Å²) in [5.74, 6) is 0.0786. The maximum absolute atomic E-state index is 12.1. The first-order chi connectivity index (χ1) is 10.4. The van der Waals surface area contributed by atoms with E-state index in [1.54, 1.807) is 18.7 Å². The molecule has 0 aliphatic carbocycles. The minimum Gasteiger partial charge on any atom is -0.378 e. The summed E-state index contributed by atoms with van der Waals surface area (Å²) in [7, 11) is 5.98. The third kappa shape index (κ3) is 3.04. The predicted molar refractivity (Wildman–Crippen MR) is 95.6 cm³/mol. The molecule has 0 aromatic heterocycles. The molecular weight excluding hydrogens is 294 g/mol. The number of rotatable bonds is 3. The topological polar surface area (TPSA) is 35.9 Å². The molecule has 0 saturated heterocycles. The minimum atomic E-state index is -0.215. The van der Waals surface area contributed by atoms with Crippen LogP contribution in [-0.2, 0) is 4.79 Å². The maximum atomic E-state index is 12.1. The van der Waals surface area contributed by atoms with Crippen LogP contribution in [0.15, 0.2) is 40.5 Å². The number of carbonyl (C=O) groups excluding carboxylic acids is 1. The lowest BCUT2D eigenvalue weighted by atomic mass is 9.93. The van der Waals surface area contributed by atoms with Gasteiger partial charge in [-0.05, 0) is 37.8 Å². The molecule has 1 aliphatic heterocycles. The standard InChI is InChI=1S/C17H23N3OS/c1-11-15(12(2)21)16(18-17(22-6)20(11)5)13-7-9-14(10-8-13)19(3)4/h7-10,16H,1-6H3/t16-/m0/s1. The van der Waals surface area contributed by atoms with Gasteiger partial charge in [0.2, 0.25) is 0 Å². The van der Waals surface area contributed by atoms with Gasteiger partial charge in [0.05, 0.1) is 0 Å². The number of amidine groups is 1. The van der Waals surface area contributed by atoms with Crippen LogP contribution in [0.1, 0.15) is 25.5 Å². The summed E-state index contributed by atoms with van der Waals surface area (Å²) in [5, 5.41) is 0.934. The molecule has 5 heteroatoms. The first kappa shape index (κ1) is 16.6. The van der Waals surface area contributed by atoms with Crippen molar-refractivity contribution in [1.29, 1.82) is 0 Å². The van der Waals surface area contributed by atoms with Gasteiger partial charge in [0, 0.05) is 38.1 Å². The molecule has 0 spiro atoms. The van der Waals surface area contributed by atoms with Gasteiger partial charge in [-0.15, -0.1) is 0 Å². The lowest BCUT2D eigenvalue weighted by Gasteiger charge is -2.31. The quantitative estimate of drug-likeness (QED) is 0.857. The van der Waals surface area contributed by atoms with Gasteiger partial charge in [0.15, 0.2) is 11.0 Å². The molecule has 1 aromatic rings. The van der Waals surface area contributed by atoms with E-state index in [1.165, 1.54) is 0 Å². The highest BCUT2D eigenvalue weighted by atomic mass is 32.2. The summed E-state index contributed by atoms with van der Waals surface area (Å²) in [5.41, 5.74) is 3.94. The number of thioether (sulfide) groups is 1. The predicted octanol–water partition coefficient (Wildman–Crippen LogP) is 3.32. The molecular formula is C17H23N3OS. The van der Waals surface area contributed by atoms with E-state index in [2.05, 4.69) is 29.2 Å². The van der Waals surface area contributed by atoms with Crippen LogP contribution in [0.5, 0.6) is 0 Å². The summed E-state index contributed by atoms with van der Waals surface area (Å²) in [4.78, 5) is 21.0. The third-order valence-electron chi connectivity index (χ3n) is 3.98. The van der Waals surface area contributed by atoms with Gasteiger partial charge in [0.1, 0.15) is 6.04 Å². The van der Waals surface area contributed by atoms with Crippen molar-refractivity contribution in [2.75, 3.05) is 32.3 Å². The van der Waals surface area contributed by atoms with E-state index in [9.17, 15) is 4.79 Å². The summed E-state index contributed by atoms with van der Waals surface area (Å²) < 4.78 is 0. The molecule has 118 valence electrons. The highest BCUT2D eigenvalue weighted by Crippen LogP contribution is 2.35. The highest BCUT2D eigenvalue weighted by Gasteiger charge is 2.29. The molecule has 1 aliphatic rings. The zero-order valence-corrected chi connectivity index (χ0v) is 14.9. The summed E-state index contributed by atoms with van der Waals surface area (Å²) >= 11 is 1.60. The van der Waals surface area contributed by atoms with Crippen LogP contribution in [0, 0.1) is 0 Å². The Morgan fingerprint density at radius 3 is 2.32 bits per heavy atom. The number of ketones is 1. The number of allylic oxidation sites excluding steroid dienone is 1. The fourth-order valence-corrected chi connectivity index (χ4v) is 3.24. The van der Waals surface area contributed by atoms with E-state index in [0.717, 1.165) is 27.7 Å².